The van der Waals surface area contributed by atoms with Gasteiger partial charge in [0.1, 0.15) is 18.0 Å². The van der Waals surface area contributed by atoms with Gasteiger partial charge >= 0.3 is 0 Å². The van der Waals surface area contributed by atoms with Crippen LogP contribution in [0.25, 0.3) is 5.82 Å². The van der Waals surface area contributed by atoms with Crippen LogP contribution in [0.2, 0.25) is 0 Å². The van der Waals surface area contributed by atoms with Gasteiger partial charge in [0.25, 0.3) is 0 Å². The molecule has 4 rings (SSSR count). The maximum absolute atomic E-state index is 13.7. The predicted octanol–water partition coefficient (Wildman–Crippen LogP) is 2.62. The fourth-order valence-electron chi connectivity index (χ4n) is 3.50. The molecule has 0 radical (unpaired) electrons. The molecule has 2 aromatic heterocycles. The molecule has 0 amide bonds. The number of nitriles is 1. The Morgan fingerprint density at radius 3 is 2.32 bits per heavy atom. The van der Waals surface area contributed by atoms with Crippen molar-refractivity contribution in [2.24, 2.45) is 0 Å². The van der Waals surface area contributed by atoms with Crippen LogP contribution in [0.3, 0.4) is 0 Å². The van der Waals surface area contributed by atoms with Crippen LogP contribution in [0.5, 0.6) is 0 Å². The molecule has 3 aromatic rings. The van der Waals surface area contributed by atoms with E-state index in [1.54, 1.807) is 12.4 Å². The molecular weight excluding hydrogens is 357 g/mol. The number of piperazine rings is 1. The summed E-state index contributed by atoms with van der Waals surface area (Å²) in [5.41, 5.74) is 3.04. The van der Waals surface area contributed by atoms with Gasteiger partial charge in [-0.15, -0.1) is 0 Å². The molecule has 1 aromatic carbocycles. The molecule has 1 fully saturated rings. The first kappa shape index (κ1) is 17.9. The molecule has 142 valence electrons. The lowest BCUT2D eigenvalue weighted by Gasteiger charge is -2.36. The number of hydrogen-bond acceptors (Lipinski definition) is 6. The normalized spacial score (nSPS) is 14.2. The minimum atomic E-state index is -0.387. The summed E-state index contributed by atoms with van der Waals surface area (Å²) >= 11 is 0. The van der Waals surface area contributed by atoms with Crippen LogP contribution in [-0.4, -0.2) is 45.9 Å². The van der Waals surface area contributed by atoms with Crippen LogP contribution in [0.1, 0.15) is 17.0 Å². The van der Waals surface area contributed by atoms with Gasteiger partial charge in [0, 0.05) is 43.6 Å². The quantitative estimate of drug-likeness (QED) is 0.699. The number of aryl methyl sites for hydroxylation is 2. The molecule has 28 heavy (non-hydrogen) atoms. The molecule has 7 nitrogen and oxygen atoms in total. The number of nitrogens with zero attached hydrogens (tertiary/aromatic N) is 7. The van der Waals surface area contributed by atoms with Crippen molar-refractivity contribution < 1.29 is 4.39 Å². The molecule has 1 aliphatic heterocycles. The number of benzene rings is 1. The van der Waals surface area contributed by atoms with Crippen LogP contribution in [0, 0.1) is 31.0 Å². The van der Waals surface area contributed by atoms with Gasteiger partial charge < -0.3 is 9.80 Å². The van der Waals surface area contributed by atoms with Crippen molar-refractivity contribution in [3.63, 3.8) is 0 Å². The summed E-state index contributed by atoms with van der Waals surface area (Å²) in [4.78, 5) is 13.0. The molecule has 1 aliphatic rings. The van der Waals surface area contributed by atoms with E-state index >= 15 is 0 Å². The Morgan fingerprint density at radius 1 is 0.929 bits per heavy atom. The zero-order valence-electron chi connectivity index (χ0n) is 15.8. The molecule has 0 bridgehead atoms. The summed E-state index contributed by atoms with van der Waals surface area (Å²) in [6.45, 7) is 6.86. The standard InChI is InChI=1S/C20H20FN7/c1-14-7-15(2)28(25-14)20-11-19(23-13-24-20)27-5-3-26(4-6-27)18-9-16(12-22)8-17(21)10-18/h7-11,13H,3-6H2,1-2H3. The Hall–Kier alpha value is -3.47. The third-order valence-corrected chi connectivity index (χ3v) is 4.85. The molecule has 1 saturated heterocycles. The Balaban J connectivity index is 1.50. The molecule has 3 heterocycles. The second-order valence-corrected chi connectivity index (χ2v) is 6.86. The van der Waals surface area contributed by atoms with Crippen LogP contribution in [0.15, 0.2) is 36.7 Å². The van der Waals surface area contributed by atoms with Crippen molar-refractivity contribution in [3.05, 3.63) is 59.4 Å². The summed E-state index contributed by atoms with van der Waals surface area (Å²) < 4.78 is 15.6. The van der Waals surface area contributed by atoms with E-state index in [-0.39, 0.29) is 5.82 Å². The maximum atomic E-state index is 13.7. The number of anilines is 2. The van der Waals surface area contributed by atoms with E-state index in [4.69, 9.17) is 5.26 Å². The molecule has 0 saturated carbocycles. The average molecular weight is 377 g/mol. The fraction of sp³-hybridized carbons (Fsp3) is 0.300. The smallest absolute Gasteiger partial charge is 0.159 e. The monoisotopic (exact) mass is 377 g/mol. The first-order valence-electron chi connectivity index (χ1n) is 9.10. The van der Waals surface area contributed by atoms with Crippen LogP contribution >= 0.6 is 0 Å². The maximum Gasteiger partial charge on any atom is 0.159 e. The van der Waals surface area contributed by atoms with E-state index in [9.17, 15) is 4.39 Å². The lowest BCUT2D eigenvalue weighted by atomic mass is 10.1. The first-order valence-corrected chi connectivity index (χ1v) is 9.10. The highest BCUT2D eigenvalue weighted by Crippen LogP contribution is 2.22. The van der Waals surface area contributed by atoms with Gasteiger partial charge in [-0.2, -0.15) is 10.4 Å². The van der Waals surface area contributed by atoms with Gasteiger partial charge in [0.05, 0.1) is 17.3 Å². The van der Waals surface area contributed by atoms with Crippen molar-refractivity contribution in [2.75, 3.05) is 36.0 Å². The number of aromatic nitrogens is 4. The largest absolute Gasteiger partial charge is 0.368 e. The minimum absolute atomic E-state index is 0.336. The second kappa shape index (κ2) is 7.27. The van der Waals surface area contributed by atoms with Crippen molar-refractivity contribution in [2.45, 2.75) is 13.8 Å². The molecular formula is C20H20FN7. The van der Waals surface area contributed by atoms with Crippen molar-refractivity contribution >= 4 is 11.5 Å². The predicted molar refractivity (Wildman–Crippen MR) is 104 cm³/mol. The van der Waals surface area contributed by atoms with Crippen molar-refractivity contribution in [3.8, 4) is 11.9 Å². The third kappa shape index (κ3) is 3.51. The Kier molecular flexibility index (Phi) is 4.65. The van der Waals surface area contributed by atoms with E-state index < -0.39 is 0 Å². The summed E-state index contributed by atoms with van der Waals surface area (Å²) in [6.07, 6.45) is 1.55. The zero-order valence-corrected chi connectivity index (χ0v) is 15.8. The van der Waals surface area contributed by atoms with Gasteiger partial charge in [-0.3, -0.25) is 0 Å². The van der Waals surface area contributed by atoms with Crippen LogP contribution in [0.4, 0.5) is 15.9 Å². The zero-order chi connectivity index (χ0) is 19.7. The van der Waals surface area contributed by atoms with E-state index in [2.05, 4.69) is 24.9 Å². The van der Waals surface area contributed by atoms with Gasteiger partial charge in [-0.25, -0.2) is 19.0 Å². The summed E-state index contributed by atoms with van der Waals surface area (Å²) in [7, 11) is 0. The third-order valence-electron chi connectivity index (χ3n) is 4.85. The van der Waals surface area contributed by atoms with Gasteiger partial charge in [-0.1, -0.05) is 0 Å². The van der Waals surface area contributed by atoms with E-state index in [0.29, 0.717) is 18.7 Å². The first-order chi connectivity index (χ1) is 13.5. The average Bonchev–Trinajstić information content (AvgIpc) is 3.06. The van der Waals surface area contributed by atoms with Gasteiger partial charge in [0.2, 0.25) is 0 Å². The number of hydrogen-bond donors (Lipinski definition) is 0. The van der Waals surface area contributed by atoms with E-state index in [0.717, 1.165) is 41.8 Å². The Morgan fingerprint density at radius 2 is 1.64 bits per heavy atom. The molecule has 0 aliphatic carbocycles. The molecule has 0 N–H and O–H groups in total. The Labute approximate surface area is 162 Å². The highest BCUT2D eigenvalue weighted by molar-refractivity contribution is 5.54. The topological polar surface area (TPSA) is 73.9 Å². The molecule has 8 heteroatoms. The van der Waals surface area contributed by atoms with Crippen molar-refractivity contribution in [1.29, 1.82) is 5.26 Å². The van der Waals surface area contributed by atoms with E-state index in [1.165, 1.54) is 12.1 Å². The van der Waals surface area contributed by atoms with Gasteiger partial charge in [0.15, 0.2) is 5.82 Å². The highest BCUT2D eigenvalue weighted by atomic mass is 19.1. The second-order valence-electron chi connectivity index (χ2n) is 6.86. The Bertz CT molecular complexity index is 1040. The van der Waals surface area contributed by atoms with E-state index in [1.807, 2.05) is 36.7 Å². The highest BCUT2D eigenvalue weighted by Gasteiger charge is 2.20. The summed E-state index contributed by atoms with van der Waals surface area (Å²) in [6, 6.07) is 10.4. The minimum Gasteiger partial charge on any atom is -0.368 e. The molecule has 0 atom stereocenters. The summed E-state index contributed by atoms with van der Waals surface area (Å²) in [5, 5.41) is 13.5. The van der Waals surface area contributed by atoms with Gasteiger partial charge in [-0.05, 0) is 38.1 Å². The summed E-state index contributed by atoms with van der Waals surface area (Å²) in [5.74, 6) is 1.19. The number of halogens is 1. The fourth-order valence-corrected chi connectivity index (χ4v) is 3.50. The SMILES string of the molecule is Cc1cc(C)n(-c2cc(N3CCN(c4cc(F)cc(C#N)c4)CC3)ncn2)n1. The number of rotatable bonds is 3. The molecule has 0 unspecified atom stereocenters. The van der Waals surface area contributed by atoms with Crippen LogP contribution in [-0.2, 0) is 0 Å². The molecule has 0 spiro atoms. The van der Waals surface area contributed by atoms with Crippen molar-refractivity contribution in [1.82, 2.24) is 19.7 Å². The van der Waals surface area contributed by atoms with Crippen LogP contribution < -0.4 is 9.80 Å². The lowest BCUT2D eigenvalue weighted by Crippen LogP contribution is -2.47. The lowest BCUT2D eigenvalue weighted by molar-refractivity contribution is 0.618.